The van der Waals surface area contributed by atoms with Crippen molar-refractivity contribution in [2.24, 2.45) is 0 Å². The van der Waals surface area contributed by atoms with Gasteiger partial charge in [-0.1, -0.05) is 31.2 Å². The zero-order chi connectivity index (χ0) is 21.2. The summed E-state index contributed by atoms with van der Waals surface area (Å²) in [5.41, 5.74) is 1.25. The molecule has 0 aliphatic rings. The van der Waals surface area contributed by atoms with Crippen molar-refractivity contribution in [1.29, 1.82) is 0 Å². The van der Waals surface area contributed by atoms with Crippen LogP contribution >= 0.6 is 0 Å². The van der Waals surface area contributed by atoms with Crippen LogP contribution < -0.4 is 15.4 Å². The van der Waals surface area contributed by atoms with Gasteiger partial charge in [-0.15, -0.1) is 0 Å². The number of amides is 2. The lowest BCUT2D eigenvalue weighted by atomic mass is 10.2. The predicted molar refractivity (Wildman–Crippen MR) is 112 cm³/mol. The quantitative estimate of drug-likeness (QED) is 0.531. The molecule has 2 aromatic heterocycles. The summed E-state index contributed by atoms with van der Waals surface area (Å²) in [5.74, 6) is 0.0734. The average molecular weight is 405 g/mol. The summed E-state index contributed by atoms with van der Waals surface area (Å²) in [6, 6.07) is 15.7. The number of nitrogens with one attached hydrogen (secondary N) is 2. The van der Waals surface area contributed by atoms with Gasteiger partial charge in [-0.3, -0.25) is 9.59 Å². The smallest absolute Gasteiger partial charge is 0.268 e. The van der Waals surface area contributed by atoms with E-state index in [-0.39, 0.29) is 12.2 Å². The van der Waals surface area contributed by atoms with E-state index >= 15 is 0 Å². The first-order valence-electron chi connectivity index (χ1n) is 9.64. The molecule has 0 aliphatic carbocycles. The average Bonchev–Trinajstić information content (AvgIpc) is 3.30. The summed E-state index contributed by atoms with van der Waals surface area (Å²) >= 11 is 0. The molecule has 0 spiro atoms. The summed E-state index contributed by atoms with van der Waals surface area (Å²) in [4.78, 5) is 29.6. The van der Waals surface area contributed by atoms with Crippen molar-refractivity contribution in [2.75, 3.05) is 6.61 Å². The summed E-state index contributed by atoms with van der Waals surface area (Å²) in [7, 11) is 0. The molecule has 1 aromatic carbocycles. The van der Waals surface area contributed by atoms with Crippen molar-refractivity contribution in [1.82, 2.24) is 15.6 Å². The van der Waals surface area contributed by atoms with Gasteiger partial charge in [0, 0.05) is 29.9 Å². The van der Waals surface area contributed by atoms with Gasteiger partial charge in [0.05, 0.1) is 12.9 Å². The topological polar surface area (TPSA) is 93.5 Å². The molecule has 0 atom stereocenters. The molecule has 2 amide bonds. The number of carbonyl (C=O) groups is 2. The molecule has 0 saturated heterocycles. The SMILES string of the molecule is CCCOc1ncccc1CNC(=O)C(=Cc1ccco1)NC(=O)c1ccccc1. The molecular formula is C23H23N3O4. The van der Waals surface area contributed by atoms with Gasteiger partial charge >= 0.3 is 0 Å². The maximum atomic E-state index is 12.8. The number of hydrogen-bond acceptors (Lipinski definition) is 5. The molecule has 0 aliphatic heterocycles. The molecule has 0 bridgehead atoms. The lowest BCUT2D eigenvalue weighted by Gasteiger charge is -2.13. The highest BCUT2D eigenvalue weighted by Crippen LogP contribution is 2.15. The Labute approximate surface area is 174 Å². The number of benzene rings is 1. The molecule has 0 unspecified atom stereocenters. The molecule has 2 N–H and O–H groups in total. The van der Waals surface area contributed by atoms with E-state index in [2.05, 4.69) is 15.6 Å². The summed E-state index contributed by atoms with van der Waals surface area (Å²) in [5, 5.41) is 5.46. The van der Waals surface area contributed by atoms with Crippen molar-refractivity contribution < 1.29 is 18.7 Å². The normalized spacial score (nSPS) is 11.0. The van der Waals surface area contributed by atoms with Gasteiger partial charge in [0.25, 0.3) is 11.8 Å². The van der Waals surface area contributed by atoms with Gasteiger partial charge in [0.1, 0.15) is 11.5 Å². The molecule has 7 heteroatoms. The van der Waals surface area contributed by atoms with Crippen LogP contribution in [0.15, 0.2) is 77.2 Å². The van der Waals surface area contributed by atoms with Crippen molar-refractivity contribution in [3.8, 4) is 5.88 Å². The fourth-order valence-corrected chi connectivity index (χ4v) is 2.62. The van der Waals surface area contributed by atoms with Crippen LogP contribution in [0.3, 0.4) is 0 Å². The Hall–Kier alpha value is -3.87. The minimum absolute atomic E-state index is 0.0683. The van der Waals surface area contributed by atoms with Crippen molar-refractivity contribution in [3.05, 3.63) is 89.6 Å². The number of pyridine rings is 1. The summed E-state index contributed by atoms with van der Waals surface area (Å²) < 4.78 is 10.9. The van der Waals surface area contributed by atoms with Gasteiger partial charge in [0.15, 0.2) is 0 Å². The molecule has 0 fully saturated rings. The van der Waals surface area contributed by atoms with Crippen LogP contribution in [0.4, 0.5) is 0 Å². The Morgan fingerprint density at radius 2 is 1.93 bits per heavy atom. The first-order valence-corrected chi connectivity index (χ1v) is 9.64. The van der Waals surface area contributed by atoms with E-state index in [9.17, 15) is 9.59 Å². The van der Waals surface area contributed by atoms with E-state index in [0.29, 0.717) is 23.8 Å². The standard InChI is InChI=1S/C23H23N3O4/c1-2-13-30-23-18(10-6-12-24-23)16-25-22(28)20(15-19-11-7-14-29-19)26-21(27)17-8-4-3-5-9-17/h3-12,14-15H,2,13,16H2,1H3,(H,25,28)(H,26,27). The van der Waals surface area contributed by atoms with Crippen LogP contribution in [0.25, 0.3) is 6.08 Å². The Morgan fingerprint density at radius 1 is 1.10 bits per heavy atom. The first kappa shape index (κ1) is 20.9. The summed E-state index contributed by atoms with van der Waals surface area (Å²) in [6.45, 7) is 2.74. The largest absolute Gasteiger partial charge is 0.477 e. The van der Waals surface area contributed by atoms with Gasteiger partial charge < -0.3 is 19.8 Å². The number of aromatic nitrogens is 1. The molecule has 3 rings (SSSR count). The van der Waals surface area contributed by atoms with E-state index in [0.717, 1.165) is 12.0 Å². The second-order valence-corrected chi connectivity index (χ2v) is 6.39. The van der Waals surface area contributed by atoms with Crippen LogP contribution in [0.5, 0.6) is 5.88 Å². The molecular weight excluding hydrogens is 382 g/mol. The monoisotopic (exact) mass is 405 g/mol. The molecule has 7 nitrogen and oxygen atoms in total. The summed E-state index contributed by atoms with van der Waals surface area (Å²) in [6.07, 6.45) is 5.46. The van der Waals surface area contributed by atoms with E-state index in [1.165, 1.54) is 12.3 Å². The molecule has 0 radical (unpaired) electrons. The van der Waals surface area contributed by atoms with Crippen molar-refractivity contribution >= 4 is 17.9 Å². The Bertz CT molecular complexity index is 998. The second kappa shape index (κ2) is 10.6. The first-order chi connectivity index (χ1) is 14.7. The van der Waals surface area contributed by atoms with Crippen molar-refractivity contribution in [2.45, 2.75) is 19.9 Å². The maximum absolute atomic E-state index is 12.8. The van der Waals surface area contributed by atoms with E-state index in [1.807, 2.05) is 19.1 Å². The lowest BCUT2D eigenvalue weighted by molar-refractivity contribution is -0.117. The van der Waals surface area contributed by atoms with Gasteiger partial charge in [0.2, 0.25) is 5.88 Å². The molecule has 154 valence electrons. The third-order valence-electron chi connectivity index (χ3n) is 4.09. The maximum Gasteiger partial charge on any atom is 0.268 e. The molecule has 0 saturated carbocycles. The lowest BCUT2D eigenvalue weighted by Crippen LogP contribution is -2.34. The molecule has 2 heterocycles. The van der Waals surface area contributed by atoms with Crippen LogP contribution in [0, 0.1) is 0 Å². The highest BCUT2D eigenvalue weighted by Gasteiger charge is 2.16. The van der Waals surface area contributed by atoms with Gasteiger partial charge in [-0.25, -0.2) is 4.98 Å². The number of furan rings is 1. The minimum atomic E-state index is -0.457. The van der Waals surface area contributed by atoms with Crippen molar-refractivity contribution in [3.63, 3.8) is 0 Å². The Balaban J connectivity index is 1.74. The highest BCUT2D eigenvalue weighted by atomic mass is 16.5. The van der Waals surface area contributed by atoms with E-state index in [4.69, 9.17) is 9.15 Å². The fourth-order valence-electron chi connectivity index (χ4n) is 2.62. The van der Waals surface area contributed by atoms with Crippen LogP contribution in [-0.4, -0.2) is 23.4 Å². The third-order valence-corrected chi connectivity index (χ3v) is 4.09. The number of ether oxygens (including phenoxy) is 1. The van der Waals surface area contributed by atoms with Gasteiger partial charge in [-0.2, -0.15) is 0 Å². The number of nitrogens with zero attached hydrogens (tertiary/aromatic N) is 1. The molecule has 3 aromatic rings. The predicted octanol–water partition coefficient (Wildman–Crippen LogP) is 3.55. The third kappa shape index (κ3) is 5.81. The Kier molecular flexibility index (Phi) is 7.38. The van der Waals surface area contributed by atoms with Gasteiger partial charge in [-0.05, 0) is 36.8 Å². The van der Waals surface area contributed by atoms with E-state index in [1.54, 1.807) is 48.7 Å². The van der Waals surface area contributed by atoms with Crippen LogP contribution in [-0.2, 0) is 11.3 Å². The zero-order valence-corrected chi connectivity index (χ0v) is 16.6. The minimum Gasteiger partial charge on any atom is -0.477 e. The number of hydrogen-bond donors (Lipinski definition) is 2. The van der Waals surface area contributed by atoms with Crippen LogP contribution in [0.1, 0.15) is 35.0 Å². The van der Waals surface area contributed by atoms with E-state index < -0.39 is 11.8 Å². The fraction of sp³-hybridized carbons (Fsp3) is 0.174. The highest BCUT2D eigenvalue weighted by molar-refractivity contribution is 6.05. The molecule has 30 heavy (non-hydrogen) atoms. The van der Waals surface area contributed by atoms with Crippen LogP contribution in [0.2, 0.25) is 0 Å². The Morgan fingerprint density at radius 3 is 2.67 bits per heavy atom. The number of rotatable bonds is 9. The zero-order valence-electron chi connectivity index (χ0n) is 16.6. The second-order valence-electron chi connectivity index (χ2n) is 6.39. The number of carbonyl (C=O) groups excluding carboxylic acids is 2.